The summed E-state index contributed by atoms with van der Waals surface area (Å²) in [7, 11) is 0. The van der Waals surface area contributed by atoms with Gasteiger partial charge >= 0.3 is 12.1 Å². The fourth-order valence-corrected chi connectivity index (χ4v) is 3.91. The maximum Gasteiger partial charge on any atom is 0.453 e. The Hall–Kier alpha value is -3.50. The van der Waals surface area contributed by atoms with Crippen molar-refractivity contribution in [3.05, 3.63) is 58.7 Å². The van der Waals surface area contributed by atoms with Gasteiger partial charge in [-0.2, -0.15) is 18.2 Å². The van der Waals surface area contributed by atoms with E-state index in [2.05, 4.69) is 20.4 Å². The lowest BCUT2D eigenvalue weighted by atomic mass is 10.0. The molecule has 2 heterocycles. The van der Waals surface area contributed by atoms with Crippen LogP contribution in [0.1, 0.15) is 53.6 Å². The molecule has 1 aromatic carbocycles. The highest BCUT2D eigenvalue weighted by molar-refractivity contribution is 5.81. The molecule has 1 aliphatic carbocycles. The predicted octanol–water partition coefficient (Wildman–Crippen LogP) is 3.50. The highest BCUT2D eigenvalue weighted by atomic mass is 19.4. The van der Waals surface area contributed by atoms with Gasteiger partial charge in [-0.1, -0.05) is 30.3 Å². The largest absolute Gasteiger partial charge is 0.456 e. The van der Waals surface area contributed by atoms with Crippen LogP contribution in [0.25, 0.3) is 5.78 Å². The smallest absolute Gasteiger partial charge is 0.453 e. The highest BCUT2D eigenvalue weighted by Crippen LogP contribution is 2.40. The molecule has 1 amide bonds. The van der Waals surface area contributed by atoms with Crippen molar-refractivity contribution < 1.29 is 27.5 Å². The van der Waals surface area contributed by atoms with Gasteiger partial charge in [0.1, 0.15) is 0 Å². The summed E-state index contributed by atoms with van der Waals surface area (Å²) in [6.07, 6.45) is -2.50. The first-order chi connectivity index (χ1) is 16.1. The molecule has 4 rings (SSSR count). The predicted molar refractivity (Wildman–Crippen MR) is 115 cm³/mol. The topological polar surface area (TPSA) is 98.5 Å². The summed E-state index contributed by atoms with van der Waals surface area (Å²) < 4.78 is 44.9. The maximum absolute atomic E-state index is 12.9. The third-order valence-electron chi connectivity index (χ3n) is 5.81. The van der Waals surface area contributed by atoms with Crippen LogP contribution in [0.5, 0.6) is 0 Å². The number of benzene rings is 1. The standard InChI is InChI=1S/C23H24F3N5O3/c1-13-17(14(2)31-22(27-13)29-21(30-31)23(24,25)26)10-11-19(33)34-12-18(32)28-20(16-8-9-16)15-6-4-3-5-7-15/h3-7,16,20H,8-12H2,1-2H3,(H,28,32). The first-order valence-electron chi connectivity index (χ1n) is 10.9. The normalized spacial score (nSPS) is 14.7. The van der Waals surface area contributed by atoms with E-state index in [1.807, 2.05) is 30.3 Å². The number of aryl methyl sites for hydroxylation is 2. The second kappa shape index (κ2) is 9.40. The molecular weight excluding hydrogens is 451 g/mol. The van der Waals surface area contributed by atoms with Crippen LogP contribution in [-0.4, -0.2) is 38.1 Å². The molecule has 8 nitrogen and oxygen atoms in total. The lowest BCUT2D eigenvalue weighted by Gasteiger charge is -2.18. The van der Waals surface area contributed by atoms with Crippen LogP contribution in [0.15, 0.2) is 30.3 Å². The van der Waals surface area contributed by atoms with Crippen LogP contribution < -0.4 is 5.32 Å². The quantitative estimate of drug-likeness (QED) is 0.501. The van der Waals surface area contributed by atoms with E-state index in [1.165, 1.54) is 0 Å². The second-order valence-electron chi connectivity index (χ2n) is 8.36. The molecule has 2 aromatic heterocycles. The van der Waals surface area contributed by atoms with Crippen molar-refractivity contribution in [2.75, 3.05) is 6.61 Å². The Bertz CT molecular complexity index is 1210. The first-order valence-corrected chi connectivity index (χ1v) is 10.9. The van der Waals surface area contributed by atoms with E-state index in [-0.39, 0.29) is 30.6 Å². The average molecular weight is 475 g/mol. The number of carbonyl (C=O) groups is 2. The zero-order valence-electron chi connectivity index (χ0n) is 18.7. The summed E-state index contributed by atoms with van der Waals surface area (Å²) in [5.41, 5.74) is 2.45. The number of esters is 1. The number of alkyl halides is 3. The lowest BCUT2D eigenvalue weighted by Crippen LogP contribution is -2.33. The molecule has 0 radical (unpaired) electrons. The number of nitrogens with one attached hydrogen (secondary N) is 1. The van der Waals surface area contributed by atoms with Crippen LogP contribution in [0.4, 0.5) is 13.2 Å². The minimum atomic E-state index is -4.68. The minimum Gasteiger partial charge on any atom is -0.456 e. The highest BCUT2D eigenvalue weighted by Gasteiger charge is 2.37. The van der Waals surface area contributed by atoms with Crippen molar-refractivity contribution in [2.45, 2.75) is 51.7 Å². The number of amides is 1. The molecule has 0 saturated heterocycles. The molecule has 1 fully saturated rings. The van der Waals surface area contributed by atoms with E-state index in [0.29, 0.717) is 22.9 Å². The fraction of sp³-hybridized carbons (Fsp3) is 0.435. The number of rotatable bonds is 8. The van der Waals surface area contributed by atoms with E-state index >= 15 is 0 Å². The number of nitrogens with zero attached hydrogens (tertiary/aromatic N) is 4. The van der Waals surface area contributed by atoms with Gasteiger partial charge in [-0.15, -0.1) is 5.10 Å². The van der Waals surface area contributed by atoms with Gasteiger partial charge in [0, 0.05) is 17.8 Å². The van der Waals surface area contributed by atoms with E-state index in [4.69, 9.17) is 4.74 Å². The number of halogens is 3. The molecule has 1 saturated carbocycles. The molecule has 0 bridgehead atoms. The molecule has 180 valence electrons. The number of ether oxygens (including phenoxy) is 1. The zero-order chi connectivity index (χ0) is 24.5. The van der Waals surface area contributed by atoms with Crippen LogP contribution >= 0.6 is 0 Å². The second-order valence-corrected chi connectivity index (χ2v) is 8.36. The monoisotopic (exact) mass is 475 g/mol. The van der Waals surface area contributed by atoms with Gasteiger partial charge in [0.25, 0.3) is 17.5 Å². The molecule has 1 aliphatic rings. The van der Waals surface area contributed by atoms with Gasteiger partial charge in [-0.3, -0.25) is 9.59 Å². The van der Waals surface area contributed by atoms with E-state index in [9.17, 15) is 22.8 Å². The van der Waals surface area contributed by atoms with Crippen LogP contribution in [0.3, 0.4) is 0 Å². The summed E-state index contributed by atoms with van der Waals surface area (Å²) in [5.74, 6) is -2.03. The number of hydrogen-bond donors (Lipinski definition) is 1. The van der Waals surface area contributed by atoms with Gasteiger partial charge in [0.05, 0.1) is 6.04 Å². The van der Waals surface area contributed by atoms with Gasteiger partial charge in [-0.25, -0.2) is 9.50 Å². The van der Waals surface area contributed by atoms with Crippen molar-refractivity contribution in [2.24, 2.45) is 5.92 Å². The number of aromatic nitrogens is 4. The third kappa shape index (κ3) is 5.35. The number of hydrogen-bond acceptors (Lipinski definition) is 6. The molecule has 1 unspecified atom stereocenters. The van der Waals surface area contributed by atoms with Crippen molar-refractivity contribution in [1.82, 2.24) is 24.9 Å². The Morgan fingerprint density at radius 2 is 1.88 bits per heavy atom. The van der Waals surface area contributed by atoms with Crippen molar-refractivity contribution in [3.63, 3.8) is 0 Å². The van der Waals surface area contributed by atoms with Gasteiger partial charge < -0.3 is 10.1 Å². The molecule has 11 heteroatoms. The van der Waals surface area contributed by atoms with E-state index in [1.54, 1.807) is 13.8 Å². The summed E-state index contributed by atoms with van der Waals surface area (Å²) in [4.78, 5) is 32.1. The summed E-state index contributed by atoms with van der Waals surface area (Å²) in [6, 6.07) is 9.54. The minimum absolute atomic E-state index is 0.0618. The number of fused-ring (bicyclic) bond motifs is 1. The molecule has 1 atom stereocenters. The summed E-state index contributed by atoms with van der Waals surface area (Å²) >= 11 is 0. The maximum atomic E-state index is 12.9. The van der Waals surface area contributed by atoms with E-state index in [0.717, 1.165) is 22.9 Å². The Balaban J connectivity index is 1.33. The first kappa shape index (κ1) is 23.7. The molecule has 1 N–H and O–H groups in total. The van der Waals surface area contributed by atoms with Gasteiger partial charge in [0.15, 0.2) is 6.61 Å². The summed E-state index contributed by atoms with van der Waals surface area (Å²) in [6.45, 7) is 2.82. The third-order valence-corrected chi connectivity index (χ3v) is 5.81. The Labute approximate surface area is 193 Å². The van der Waals surface area contributed by atoms with Gasteiger partial charge in [-0.05, 0) is 50.2 Å². The Kier molecular flexibility index (Phi) is 6.54. The van der Waals surface area contributed by atoms with E-state index < -0.39 is 24.6 Å². The molecule has 0 spiro atoms. The van der Waals surface area contributed by atoms with Crippen LogP contribution in [0.2, 0.25) is 0 Å². The fourth-order valence-electron chi connectivity index (χ4n) is 3.91. The number of carbonyl (C=O) groups excluding carboxylic acids is 2. The Morgan fingerprint density at radius 1 is 1.18 bits per heavy atom. The molecule has 34 heavy (non-hydrogen) atoms. The Morgan fingerprint density at radius 3 is 2.53 bits per heavy atom. The molecule has 0 aliphatic heterocycles. The molecule has 3 aromatic rings. The van der Waals surface area contributed by atoms with Gasteiger partial charge in [0.2, 0.25) is 0 Å². The SMILES string of the molecule is Cc1nc2nc(C(F)(F)F)nn2c(C)c1CCC(=O)OCC(=O)NC(c1ccccc1)C1CC1. The zero-order valence-corrected chi connectivity index (χ0v) is 18.7. The van der Waals surface area contributed by atoms with Crippen LogP contribution in [0, 0.1) is 19.8 Å². The average Bonchev–Trinajstić information content (AvgIpc) is 3.53. The van der Waals surface area contributed by atoms with Crippen LogP contribution in [-0.2, 0) is 26.9 Å². The molecular formula is C23H24F3N5O3. The van der Waals surface area contributed by atoms with Crippen molar-refractivity contribution >= 4 is 17.7 Å². The van der Waals surface area contributed by atoms with Crippen molar-refractivity contribution in [3.8, 4) is 0 Å². The lowest BCUT2D eigenvalue weighted by molar-refractivity contribution is -0.148. The van der Waals surface area contributed by atoms with Crippen molar-refractivity contribution in [1.29, 1.82) is 0 Å². The summed E-state index contributed by atoms with van der Waals surface area (Å²) in [5, 5.41) is 6.43.